The largest absolute Gasteiger partial charge is 0.481 e. The third-order valence-electron chi connectivity index (χ3n) is 4.06. The molecule has 7 heteroatoms. The average molecular weight is 317 g/mol. The van der Waals surface area contributed by atoms with Crippen LogP contribution in [0.25, 0.3) is 0 Å². The SMILES string of the molecule is COC(=O)c1ccc(NC(=O)[C@@H]2[C@H](C(=O)O)[C@H]3C=C[C@H]2O3)cc1. The Labute approximate surface area is 131 Å². The van der Waals surface area contributed by atoms with Crippen LogP contribution in [-0.4, -0.2) is 42.3 Å². The molecule has 2 N–H and O–H groups in total. The molecule has 0 saturated carbocycles. The molecule has 7 nitrogen and oxygen atoms in total. The number of hydrogen-bond acceptors (Lipinski definition) is 5. The number of ether oxygens (including phenoxy) is 2. The van der Waals surface area contributed by atoms with E-state index in [1.54, 1.807) is 24.3 Å². The van der Waals surface area contributed by atoms with Crippen molar-refractivity contribution in [3.8, 4) is 0 Å². The smallest absolute Gasteiger partial charge is 0.337 e. The summed E-state index contributed by atoms with van der Waals surface area (Å²) in [5, 5.41) is 12.0. The van der Waals surface area contributed by atoms with E-state index in [-0.39, 0.29) is 0 Å². The summed E-state index contributed by atoms with van der Waals surface area (Å²) in [6.07, 6.45) is 2.32. The number of aliphatic carboxylic acids is 1. The van der Waals surface area contributed by atoms with Crippen LogP contribution in [0.4, 0.5) is 5.69 Å². The van der Waals surface area contributed by atoms with Crippen molar-refractivity contribution in [1.29, 1.82) is 0 Å². The maximum absolute atomic E-state index is 12.4. The van der Waals surface area contributed by atoms with Crippen molar-refractivity contribution < 1.29 is 29.0 Å². The number of nitrogens with one attached hydrogen (secondary N) is 1. The molecule has 23 heavy (non-hydrogen) atoms. The number of fused-ring (bicyclic) bond motifs is 2. The lowest BCUT2D eigenvalue weighted by molar-refractivity contribution is -0.145. The minimum atomic E-state index is -1.05. The van der Waals surface area contributed by atoms with Crippen LogP contribution in [0.3, 0.4) is 0 Å². The summed E-state index contributed by atoms with van der Waals surface area (Å²) in [6.45, 7) is 0. The fourth-order valence-electron chi connectivity index (χ4n) is 2.95. The monoisotopic (exact) mass is 317 g/mol. The number of hydrogen-bond donors (Lipinski definition) is 2. The highest BCUT2D eigenvalue weighted by Gasteiger charge is 2.53. The van der Waals surface area contributed by atoms with E-state index in [0.29, 0.717) is 11.3 Å². The summed E-state index contributed by atoms with van der Waals surface area (Å²) >= 11 is 0. The number of carboxylic acids is 1. The number of benzene rings is 1. The zero-order valence-electron chi connectivity index (χ0n) is 12.3. The summed E-state index contributed by atoms with van der Waals surface area (Å²) in [6, 6.07) is 6.16. The fourth-order valence-corrected chi connectivity index (χ4v) is 2.95. The van der Waals surface area contributed by atoms with Gasteiger partial charge in [-0.25, -0.2) is 4.79 Å². The molecule has 3 rings (SSSR count). The summed E-state index contributed by atoms with van der Waals surface area (Å²) < 4.78 is 10.1. The summed E-state index contributed by atoms with van der Waals surface area (Å²) in [5.41, 5.74) is 0.832. The van der Waals surface area contributed by atoms with Gasteiger partial charge in [0, 0.05) is 5.69 Å². The van der Waals surface area contributed by atoms with E-state index >= 15 is 0 Å². The number of anilines is 1. The molecule has 0 radical (unpaired) electrons. The lowest BCUT2D eigenvalue weighted by atomic mass is 9.82. The molecule has 2 heterocycles. The van der Waals surface area contributed by atoms with Gasteiger partial charge in [0.1, 0.15) is 5.92 Å². The molecule has 1 aromatic carbocycles. The number of carboxylic acid groups (broad SMARTS) is 1. The molecule has 4 atom stereocenters. The lowest BCUT2D eigenvalue weighted by Gasteiger charge is -2.21. The van der Waals surface area contributed by atoms with E-state index in [1.807, 2.05) is 0 Å². The second-order valence-electron chi connectivity index (χ2n) is 5.40. The van der Waals surface area contributed by atoms with Crippen LogP contribution in [0.15, 0.2) is 36.4 Å². The van der Waals surface area contributed by atoms with Crippen molar-refractivity contribution in [3.05, 3.63) is 42.0 Å². The van der Waals surface area contributed by atoms with Crippen molar-refractivity contribution in [2.24, 2.45) is 11.8 Å². The highest BCUT2D eigenvalue weighted by Crippen LogP contribution is 2.39. The number of methoxy groups -OCH3 is 1. The van der Waals surface area contributed by atoms with Gasteiger partial charge in [-0.05, 0) is 24.3 Å². The van der Waals surface area contributed by atoms with E-state index in [9.17, 15) is 19.5 Å². The van der Waals surface area contributed by atoms with Gasteiger partial charge in [-0.3, -0.25) is 9.59 Å². The van der Waals surface area contributed by atoms with Gasteiger partial charge in [0.2, 0.25) is 5.91 Å². The van der Waals surface area contributed by atoms with Crippen molar-refractivity contribution in [2.75, 3.05) is 12.4 Å². The van der Waals surface area contributed by atoms with Crippen molar-refractivity contribution in [1.82, 2.24) is 0 Å². The van der Waals surface area contributed by atoms with Crippen molar-refractivity contribution >= 4 is 23.5 Å². The quantitative estimate of drug-likeness (QED) is 0.636. The standard InChI is InChI=1S/C16H15NO6/c1-22-16(21)8-2-4-9(5-3-8)17-14(18)12-10-6-7-11(23-10)13(12)15(19)20/h2-7,10-13H,1H3,(H,17,18)(H,19,20)/t10-,11-,12+,13-/m1/s1. The zero-order valence-corrected chi connectivity index (χ0v) is 12.3. The van der Waals surface area contributed by atoms with E-state index in [4.69, 9.17) is 4.74 Å². The molecular weight excluding hydrogens is 302 g/mol. The normalized spacial score (nSPS) is 27.7. The molecule has 2 aliphatic heterocycles. The minimum absolute atomic E-state index is 0.361. The first-order valence-corrected chi connectivity index (χ1v) is 7.07. The number of esters is 1. The maximum Gasteiger partial charge on any atom is 0.337 e. The Balaban J connectivity index is 1.73. The Morgan fingerprint density at radius 2 is 1.70 bits per heavy atom. The number of amides is 1. The van der Waals surface area contributed by atoms with E-state index < -0.39 is 41.9 Å². The van der Waals surface area contributed by atoms with E-state index in [2.05, 4.69) is 10.1 Å². The van der Waals surface area contributed by atoms with E-state index in [1.165, 1.54) is 19.2 Å². The molecule has 0 aliphatic carbocycles. The topological polar surface area (TPSA) is 102 Å². The van der Waals surface area contributed by atoms with Gasteiger partial charge in [0.25, 0.3) is 0 Å². The molecule has 0 unspecified atom stereocenters. The van der Waals surface area contributed by atoms with Gasteiger partial charge >= 0.3 is 11.9 Å². The molecule has 1 aromatic rings. The van der Waals surface area contributed by atoms with Gasteiger partial charge in [-0.1, -0.05) is 12.2 Å². The van der Waals surface area contributed by atoms with Crippen LogP contribution >= 0.6 is 0 Å². The first-order valence-electron chi connectivity index (χ1n) is 7.07. The Bertz CT molecular complexity index is 680. The maximum atomic E-state index is 12.4. The first kappa shape index (κ1) is 15.2. The molecule has 0 spiro atoms. The second-order valence-corrected chi connectivity index (χ2v) is 5.40. The van der Waals surface area contributed by atoms with Crippen LogP contribution in [0.2, 0.25) is 0 Å². The molecule has 120 valence electrons. The number of carbonyl (C=O) groups excluding carboxylic acids is 2. The fraction of sp³-hybridized carbons (Fsp3) is 0.312. The van der Waals surface area contributed by atoms with Gasteiger partial charge in [-0.2, -0.15) is 0 Å². The molecule has 2 aliphatic rings. The highest BCUT2D eigenvalue weighted by molar-refractivity contribution is 5.97. The highest BCUT2D eigenvalue weighted by atomic mass is 16.5. The molecular formula is C16H15NO6. The summed E-state index contributed by atoms with van der Waals surface area (Å²) in [5.74, 6) is -3.61. The Morgan fingerprint density at radius 1 is 1.09 bits per heavy atom. The van der Waals surface area contributed by atoms with Crippen LogP contribution in [0.1, 0.15) is 10.4 Å². The zero-order chi connectivity index (χ0) is 16.6. The summed E-state index contributed by atoms with van der Waals surface area (Å²) in [7, 11) is 1.28. The van der Waals surface area contributed by atoms with Gasteiger partial charge in [0.05, 0.1) is 30.8 Å². The van der Waals surface area contributed by atoms with Crippen molar-refractivity contribution in [3.63, 3.8) is 0 Å². The second kappa shape index (κ2) is 5.85. The average Bonchev–Trinajstić information content (AvgIpc) is 3.15. The summed E-state index contributed by atoms with van der Waals surface area (Å²) in [4.78, 5) is 35.1. The first-order chi connectivity index (χ1) is 11.0. The molecule has 0 aromatic heterocycles. The molecule has 2 bridgehead atoms. The minimum Gasteiger partial charge on any atom is -0.481 e. The lowest BCUT2D eigenvalue weighted by Crippen LogP contribution is -2.39. The predicted octanol–water partition coefficient (Wildman–Crippen LogP) is 1.07. The van der Waals surface area contributed by atoms with Crippen LogP contribution in [-0.2, 0) is 19.1 Å². The van der Waals surface area contributed by atoms with Crippen molar-refractivity contribution in [2.45, 2.75) is 12.2 Å². The number of carbonyl (C=O) groups is 3. The van der Waals surface area contributed by atoms with Gasteiger partial charge < -0.3 is 19.9 Å². The third kappa shape index (κ3) is 2.70. The molecule has 1 fully saturated rings. The molecule has 1 saturated heterocycles. The Kier molecular flexibility index (Phi) is 3.87. The molecule has 1 amide bonds. The van der Waals surface area contributed by atoms with Crippen LogP contribution < -0.4 is 5.32 Å². The predicted molar refractivity (Wildman–Crippen MR) is 78.8 cm³/mol. The van der Waals surface area contributed by atoms with Gasteiger partial charge in [0.15, 0.2) is 0 Å². The Morgan fingerprint density at radius 3 is 2.26 bits per heavy atom. The number of rotatable bonds is 4. The van der Waals surface area contributed by atoms with Gasteiger partial charge in [-0.15, -0.1) is 0 Å². The third-order valence-corrected chi connectivity index (χ3v) is 4.06. The van der Waals surface area contributed by atoms with Crippen LogP contribution in [0, 0.1) is 11.8 Å². The Hall–Kier alpha value is -2.67. The van der Waals surface area contributed by atoms with E-state index in [0.717, 1.165) is 0 Å². The van der Waals surface area contributed by atoms with Crippen LogP contribution in [0.5, 0.6) is 0 Å².